The molecule has 2 atom stereocenters. The first-order valence-corrected chi connectivity index (χ1v) is 9.30. The van der Waals surface area contributed by atoms with Gasteiger partial charge in [0.15, 0.2) is 0 Å². The second kappa shape index (κ2) is 7.07. The summed E-state index contributed by atoms with van der Waals surface area (Å²) in [6.45, 7) is 0.328. The third kappa shape index (κ3) is 3.33. The van der Waals surface area contributed by atoms with E-state index in [1.165, 1.54) is 0 Å². The summed E-state index contributed by atoms with van der Waals surface area (Å²) in [4.78, 5) is 8.83. The molecule has 3 heterocycles. The van der Waals surface area contributed by atoms with Gasteiger partial charge in [-0.3, -0.25) is 0 Å². The largest absolute Gasteiger partial charge is 0.467 e. The zero-order valence-electron chi connectivity index (χ0n) is 18.6. The number of anilines is 1. The van der Waals surface area contributed by atoms with Crippen molar-refractivity contribution in [2.45, 2.75) is 31.3 Å². The van der Waals surface area contributed by atoms with Gasteiger partial charge in [0, 0.05) is 22.3 Å². The van der Waals surface area contributed by atoms with Crippen LogP contribution in [0.1, 0.15) is 37.5 Å². The number of rotatable bonds is 4. The Hall–Kier alpha value is -1.41. The Morgan fingerprint density at radius 3 is 3.12 bits per heavy atom. The maximum absolute atomic E-state index is 8.46. The minimum Gasteiger partial charge on any atom is -0.467 e. The van der Waals surface area contributed by atoms with E-state index in [2.05, 4.69) is 31.2 Å². The maximum atomic E-state index is 8.46. The van der Waals surface area contributed by atoms with Crippen LogP contribution in [0, 0.1) is 0 Å². The molecule has 3 N–H and O–H groups in total. The highest BCUT2D eigenvalue weighted by Gasteiger charge is 2.27. The van der Waals surface area contributed by atoms with Crippen LogP contribution < -0.4 is 11.1 Å². The summed E-state index contributed by atoms with van der Waals surface area (Å²) in [7, 11) is 0. The van der Waals surface area contributed by atoms with Crippen LogP contribution in [-0.2, 0) is 6.54 Å². The minimum atomic E-state index is -2.37. The van der Waals surface area contributed by atoms with Crippen LogP contribution in [0.15, 0.2) is 39.4 Å². The van der Waals surface area contributed by atoms with E-state index >= 15 is 0 Å². The lowest BCUT2D eigenvalue weighted by Gasteiger charge is -2.24. The molecular formula is C17H16BrClN4OS. The molecule has 3 aromatic rings. The number of nitrogens with zero attached hydrogens (tertiary/aromatic N) is 2. The number of halogens is 2. The Labute approximate surface area is 170 Å². The topological polar surface area (TPSA) is 77.0 Å². The number of hydrogen-bond donors (Lipinski definition) is 2. The van der Waals surface area contributed by atoms with Gasteiger partial charge in [-0.25, -0.2) is 4.98 Å². The zero-order chi connectivity index (χ0) is 22.7. The highest BCUT2D eigenvalue weighted by atomic mass is 79.9. The molecule has 0 fully saturated rings. The van der Waals surface area contributed by atoms with Gasteiger partial charge in [-0.1, -0.05) is 12.1 Å². The summed E-state index contributed by atoms with van der Waals surface area (Å²) < 4.78 is 55.5. The molecule has 25 heavy (non-hydrogen) atoms. The van der Waals surface area contributed by atoms with E-state index in [9.17, 15) is 0 Å². The summed E-state index contributed by atoms with van der Waals surface area (Å²) in [5.41, 5.74) is 6.56. The van der Waals surface area contributed by atoms with Crippen molar-refractivity contribution < 1.29 is 12.6 Å². The Balaban J connectivity index is 1.85. The average molecular weight is 446 g/mol. The van der Waals surface area contributed by atoms with E-state index in [1.807, 2.05) is 0 Å². The monoisotopic (exact) mass is 444 g/mol. The number of hydrogen-bond acceptors (Lipinski definition) is 6. The lowest BCUT2D eigenvalue weighted by Crippen LogP contribution is -2.29. The van der Waals surface area contributed by atoms with Gasteiger partial charge in [0.05, 0.1) is 24.7 Å². The lowest BCUT2D eigenvalue weighted by molar-refractivity contribution is 0.518. The molecule has 0 radical (unpaired) electrons. The first-order chi connectivity index (χ1) is 14.5. The first kappa shape index (κ1) is 11.3. The second-order valence-electron chi connectivity index (χ2n) is 5.27. The fraction of sp³-hybridized carbons (Fsp3) is 0.294. The molecule has 1 aliphatic carbocycles. The predicted molar refractivity (Wildman–Crippen MR) is 105 cm³/mol. The second-order valence-corrected chi connectivity index (χ2v) is 7.46. The quantitative estimate of drug-likeness (QED) is 0.433. The van der Waals surface area contributed by atoms with Crippen molar-refractivity contribution >= 4 is 54.9 Å². The molecule has 0 amide bonds. The van der Waals surface area contributed by atoms with E-state index in [0.717, 1.165) is 11.3 Å². The molecule has 1 aliphatic rings. The average Bonchev–Trinajstić information content (AvgIpc) is 3.33. The SMILES string of the molecule is [2H]C1=C([2H])C([2H])([2H])[C@H](c2sc3c(NCc4ccco4)nc(Cl)nc3c2Br)[C@@H](N)C1([2H])[2H]. The van der Waals surface area contributed by atoms with Crippen LogP contribution in [0.5, 0.6) is 0 Å². The van der Waals surface area contributed by atoms with Crippen molar-refractivity contribution in [1.29, 1.82) is 0 Å². The fourth-order valence-corrected chi connectivity index (χ4v) is 4.75. The first-order valence-electron chi connectivity index (χ1n) is 10.3. The van der Waals surface area contributed by atoms with Crippen LogP contribution in [0.3, 0.4) is 0 Å². The number of nitrogens with two attached hydrogens (primary N) is 1. The van der Waals surface area contributed by atoms with Gasteiger partial charge in [-0.2, -0.15) is 4.98 Å². The van der Waals surface area contributed by atoms with Crippen molar-refractivity contribution in [1.82, 2.24) is 9.97 Å². The van der Waals surface area contributed by atoms with E-state index in [1.54, 1.807) is 18.4 Å². The highest BCUT2D eigenvalue weighted by molar-refractivity contribution is 9.10. The number of thiophene rings is 1. The van der Waals surface area contributed by atoms with Crippen LogP contribution in [0.4, 0.5) is 5.82 Å². The number of aromatic nitrogens is 2. The van der Waals surface area contributed by atoms with Crippen LogP contribution in [0.2, 0.25) is 5.28 Å². The molecule has 130 valence electrons. The molecule has 8 heteroatoms. The third-order valence-electron chi connectivity index (χ3n) is 3.66. The lowest BCUT2D eigenvalue weighted by atomic mass is 9.88. The summed E-state index contributed by atoms with van der Waals surface area (Å²) in [5, 5.41) is 3.10. The van der Waals surface area contributed by atoms with Crippen LogP contribution in [-0.4, -0.2) is 16.0 Å². The van der Waals surface area contributed by atoms with Crippen molar-refractivity contribution in [2.24, 2.45) is 5.73 Å². The molecular weight excluding hydrogens is 424 g/mol. The number of furan rings is 1. The van der Waals surface area contributed by atoms with E-state index in [-0.39, 0.29) is 5.28 Å². The van der Waals surface area contributed by atoms with E-state index in [0.29, 0.717) is 37.7 Å². The molecule has 0 aromatic carbocycles. The Bertz CT molecular complexity index is 1190. The van der Waals surface area contributed by atoms with Gasteiger partial charge in [-0.05, 0) is 52.4 Å². The Kier molecular flexibility index (Phi) is 3.21. The normalized spacial score (nSPS) is 28.6. The number of allylic oxidation sites excluding steroid dienone is 1. The molecule has 0 aliphatic heterocycles. The van der Waals surface area contributed by atoms with Crippen molar-refractivity contribution in [3.63, 3.8) is 0 Å². The van der Waals surface area contributed by atoms with Crippen LogP contribution in [0.25, 0.3) is 10.2 Å². The smallest absolute Gasteiger partial charge is 0.225 e. The van der Waals surface area contributed by atoms with Crippen molar-refractivity contribution in [3.8, 4) is 0 Å². The molecule has 0 bridgehead atoms. The highest BCUT2D eigenvalue weighted by Crippen LogP contribution is 2.45. The van der Waals surface area contributed by atoms with Gasteiger partial charge in [-0.15, -0.1) is 11.3 Å². The van der Waals surface area contributed by atoms with Gasteiger partial charge >= 0.3 is 0 Å². The standard InChI is InChI=1S/C17H16BrClN4OS/c18-12-13-15(25-14(12)10-5-1-2-6-11(10)20)16(23-17(19)22-13)21-8-9-4-3-7-24-9/h1-4,7,10-11H,5-6,8,20H2,(H,21,22,23)/t10-,11-/m0/s1/i1D,2D,5D2,6D2. The summed E-state index contributed by atoms with van der Waals surface area (Å²) in [6, 6.07) is 0.681. The molecule has 4 rings (SSSR count). The molecule has 0 saturated heterocycles. The van der Waals surface area contributed by atoms with Crippen molar-refractivity contribution in [3.05, 3.63) is 50.9 Å². The molecule has 0 saturated carbocycles. The summed E-state index contributed by atoms with van der Waals surface area (Å²) in [6.07, 6.45) is -3.18. The molecule has 5 nitrogen and oxygen atoms in total. The summed E-state index contributed by atoms with van der Waals surface area (Å²) >= 11 is 10.7. The Morgan fingerprint density at radius 2 is 2.32 bits per heavy atom. The molecule has 3 aromatic heterocycles. The summed E-state index contributed by atoms with van der Waals surface area (Å²) in [5.74, 6) is -0.155. The van der Waals surface area contributed by atoms with E-state index < -0.39 is 36.8 Å². The number of fused-ring (bicyclic) bond motifs is 1. The Morgan fingerprint density at radius 1 is 1.48 bits per heavy atom. The van der Waals surface area contributed by atoms with Gasteiger partial charge in [0.2, 0.25) is 5.28 Å². The third-order valence-corrected chi connectivity index (χ3v) is 6.16. The fourth-order valence-electron chi connectivity index (χ4n) is 2.48. The van der Waals surface area contributed by atoms with Crippen molar-refractivity contribution in [2.75, 3.05) is 5.32 Å². The van der Waals surface area contributed by atoms with Gasteiger partial charge in [0.1, 0.15) is 17.1 Å². The molecule has 0 spiro atoms. The van der Waals surface area contributed by atoms with Gasteiger partial charge in [0.25, 0.3) is 0 Å². The number of nitrogens with one attached hydrogen (secondary N) is 1. The molecule has 0 unspecified atom stereocenters. The zero-order valence-corrected chi connectivity index (χ0v) is 15.8. The minimum absolute atomic E-state index is 0.0275. The van der Waals surface area contributed by atoms with E-state index in [4.69, 9.17) is 30.0 Å². The maximum Gasteiger partial charge on any atom is 0.225 e. The predicted octanol–water partition coefficient (Wildman–Crippen LogP) is 5.07. The van der Waals surface area contributed by atoms with Gasteiger partial charge < -0.3 is 15.5 Å². The van der Waals surface area contributed by atoms with Crippen LogP contribution >= 0.6 is 38.9 Å².